The highest BCUT2D eigenvalue weighted by Crippen LogP contribution is 2.33. The number of rotatable bonds is 32. The maximum Gasteiger partial charge on any atom is 0.339 e. The molecule has 1 aromatic heterocycles. The van der Waals surface area contributed by atoms with Gasteiger partial charge in [-0.05, 0) is 182 Å². The quantitative estimate of drug-likeness (QED) is 0.00810. The highest BCUT2D eigenvalue weighted by atomic mass is 32.1. The lowest BCUT2D eigenvalue weighted by Crippen LogP contribution is -2.30. The number of carbonyl (C=O) groups is 5. The van der Waals surface area contributed by atoms with Crippen LogP contribution in [0.5, 0.6) is 23.0 Å². The second-order valence-corrected chi connectivity index (χ2v) is 21.4. The van der Waals surface area contributed by atoms with Gasteiger partial charge in [-0.25, -0.2) is 24.4 Å². The molecule has 0 bridgehead atoms. The molecule has 2 aliphatic rings. The summed E-state index contributed by atoms with van der Waals surface area (Å²) in [5.41, 5.74) is 1.93. The van der Waals surface area contributed by atoms with Gasteiger partial charge in [-0.3, -0.25) is 9.59 Å². The van der Waals surface area contributed by atoms with Crippen molar-refractivity contribution in [1.29, 1.82) is 0 Å². The summed E-state index contributed by atoms with van der Waals surface area (Å²) < 4.78 is 41.4. The summed E-state index contributed by atoms with van der Waals surface area (Å²) in [7, 11) is 0. The van der Waals surface area contributed by atoms with Crippen molar-refractivity contribution in [2.75, 3.05) is 38.0 Å². The molecule has 80 heavy (non-hydrogen) atoms. The number of aliphatic hydroxyl groups is 1. The van der Waals surface area contributed by atoms with Crippen molar-refractivity contribution >= 4 is 62.7 Å². The Bertz CT molecular complexity index is 2750. The van der Waals surface area contributed by atoms with Crippen LogP contribution in [0.15, 0.2) is 109 Å². The molecule has 17 heteroatoms. The summed E-state index contributed by atoms with van der Waals surface area (Å²) in [6.45, 7) is 7.83. The average molecular weight is 1120 g/mol. The molecule has 0 amide bonds. The van der Waals surface area contributed by atoms with Crippen LogP contribution in [-0.2, 0) is 28.6 Å². The van der Waals surface area contributed by atoms with E-state index in [1.54, 1.807) is 72.9 Å². The molecule has 0 radical (unpaired) electrons. The van der Waals surface area contributed by atoms with Crippen LogP contribution in [0.3, 0.4) is 0 Å². The number of hydrogen-bond donors (Lipinski definition) is 1. The zero-order valence-corrected chi connectivity index (χ0v) is 46.9. The van der Waals surface area contributed by atoms with Gasteiger partial charge in [0.1, 0.15) is 35.2 Å². The highest BCUT2D eigenvalue weighted by Gasteiger charge is 2.32. The number of fused-ring (bicyclic) bond motifs is 1. The Hall–Kier alpha value is -7.11. The molecule has 5 aromatic rings. The van der Waals surface area contributed by atoms with Gasteiger partial charge in [0.2, 0.25) is 5.13 Å². The lowest BCUT2D eigenvalue weighted by Gasteiger charge is -2.27. The number of unbranched alkanes of at least 4 members (excludes halogenated alkanes) is 9. The largest absolute Gasteiger partial charge is 0.494 e. The Morgan fingerprint density at radius 1 is 0.637 bits per heavy atom. The van der Waals surface area contributed by atoms with Crippen molar-refractivity contribution < 1.29 is 62.2 Å². The third-order valence-electron chi connectivity index (χ3n) is 14.3. The molecule has 2 saturated carbocycles. The number of anilines is 1. The molecule has 16 nitrogen and oxygen atoms in total. The van der Waals surface area contributed by atoms with Crippen molar-refractivity contribution in [3.8, 4) is 23.0 Å². The van der Waals surface area contributed by atoms with Crippen LogP contribution >= 0.6 is 11.3 Å². The molecule has 0 saturated heterocycles. The zero-order valence-electron chi connectivity index (χ0n) is 46.1. The molecule has 0 aliphatic heterocycles. The Labute approximate surface area is 473 Å². The monoisotopic (exact) mass is 1120 g/mol. The third-order valence-corrected chi connectivity index (χ3v) is 15.3. The minimum atomic E-state index is -0.556. The maximum absolute atomic E-state index is 14.1. The zero-order chi connectivity index (χ0) is 56.3. The molecule has 7 rings (SSSR count). The topological polar surface area (TPSA) is 199 Å². The number of para-hydroxylation sites is 1. The summed E-state index contributed by atoms with van der Waals surface area (Å²) in [6.07, 6.45) is 17.0. The molecule has 0 unspecified atom stereocenters. The highest BCUT2D eigenvalue weighted by molar-refractivity contribution is 7.22. The van der Waals surface area contributed by atoms with Gasteiger partial charge in [0, 0.05) is 24.8 Å². The number of aromatic nitrogens is 1. The third kappa shape index (κ3) is 19.6. The number of ether oxygens (including phenoxy) is 7. The van der Waals surface area contributed by atoms with Crippen molar-refractivity contribution in [2.24, 2.45) is 16.9 Å². The predicted octanol–water partition coefficient (Wildman–Crippen LogP) is 13.0. The second kappa shape index (κ2) is 32.8. The first-order valence-electron chi connectivity index (χ1n) is 28.6. The van der Waals surface area contributed by atoms with Gasteiger partial charge in [-0.15, -0.1) is 0 Å². The number of aliphatic hydroxyl groups excluding tert-OH is 1. The van der Waals surface area contributed by atoms with Crippen LogP contribution in [0.25, 0.3) is 10.2 Å². The summed E-state index contributed by atoms with van der Waals surface area (Å²) >= 11 is 1.54. The van der Waals surface area contributed by atoms with Crippen LogP contribution in [0, 0.1) is 11.8 Å². The average Bonchev–Trinajstić information content (AvgIpc) is 3.93. The van der Waals surface area contributed by atoms with Crippen LogP contribution in [0.1, 0.15) is 162 Å². The van der Waals surface area contributed by atoms with E-state index in [-0.39, 0.29) is 35.9 Å². The van der Waals surface area contributed by atoms with Crippen LogP contribution in [0.2, 0.25) is 0 Å². The predicted molar refractivity (Wildman–Crippen MR) is 308 cm³/mol. The van der Waals surface area contributed by atoms with Gasteiger partial charge in [0.05, 0.1) is 59.2 Å². The van der Waals surface area contributed by atoms with E-state index in [1.165, 1.54) is 11.3 Å². The Balaban J connectivity index is 0.930. The summed E-state index contributed by atoms with van der Waals surface area (Å²) in [5.74, 6) is -0.891. The first kappa shape index (κ1) is 60.5. The lowest BCUT2D eigenvalue weighted by atomic mass is 9.87. The Morgan fingerprint density at radius 3 is 1.80 bits per heavy atom. The van der Waals surface area contributed by atoms with Crippen molar-refractivity contribution in [3.63, 3.8) is 0 Å². The van der Waals surface area contributed by atoms with E-state index in [9.17, 15) is 24.0 Å². The van der Waals surface area contributed by atoms with Gasteiger partial charge in [-0.2, -0.15) is 5.10 Å². The first-order chi connectivity index (χ1) is 39.1. The number of carbonyl (C=O) groups excluding carboxylic acids is 5. The van der Waals surface area contributed by atoms with Crippen molar-refractivity contribution in [1.82, 2.24) is 4.98 Å². The van der Waals surface area contributed by atoms with E-state index in [0.717, 1.165) is 98.5 Å². The van der Waals surface area contributed by atoms with Gasteiger partial charge >= 0.3 is 29.8 Å². The van der Waals surface area contributed by atoms with E-state index in [4.69, 9.17) is 48.3 Å². The maximum atomic E-state index is 14.1. The van der Waals surface area contributed by atoms with E-state index >= 15 is 0 Å². The van der Waals surface area contributed by atoms with E-state index in [2.05, 4.69) is 13.5 Å². The molecule has 0 atom stereocenters. The summed E-state index contributed by atoms with van der Waals surface area (Å²) in [5, 5.41) is 16.5. The normalized spacial score (nSPS) is 17.1. The van der Waals surface area contributed by atoms with Gasteiger partial charge in [0.15, 0.2) is 0 Å². The summed E-state index contributed by atoms with van der Waals surface area (Å²) in [4.78, 5) is 70.3. The van der Waals surface area contributed by atoms with Crippen LogP contribution in [0.4, 0.5) is 5.13 Å². The number of benzene rings is 4. The molecule has 0 spiro atoms. The van der Waals surface area contributed by atoms with E-state index < -0.39 is 35.9 Å². The fourth-order valence-corrected chi connectivity index (χ4v) is 10.5. The molecule has 2 aliphatic carbocycles. The Morgan fingerprint density at radius 2 is 1.19 bits per heavy atom. The lowest BCUT2D eigenvalue weighted by molar-refractivity contribution is -0.141. The molecular formula is C63H77N3O13S. The van der Waals surface area contributed by atoms with Crippen LogP contribution in [-0.4, -0.2) is 91.3 Å². The fourth-order valence-electron chi connectivity index (χ4n) is 9.58. The molecular weight excluding hydrogens is 1040 g/mol. The van der Waals surface area contributed by atoms with Gasteiger partial charge < -0.3 is 38.3 Å². The van der Waals surface area contributed by atoms with Gasteiger partial charge in [0.25, 0.3) is 0 Å². The second-order valence-electron chi connectivity index (χ2n) is 20.4. The molecule has 428 valence electrons. The number of esters is 5. The molecule has 4 aromatic carbocycles. The van der Waals surface area contributed by atoms with E-state index in [0.29, 0.717) is 106 Å². The molecule has 1 heterocycles. The summed E-state index contributed by atoms with van der Waals surface area (Å²) in [6, 6.07) is 26.6. The number of nitrogens with zero attached hydrogens (tertiary/aromatic N) is 3. The van der Waals surface area contributed by atoms with Crippen molar-refractivity contribution in [3.05, 3.63) is 120 Å². The van der Waals surface area contributed by atoms with Gasteiger partial charge in [-0.1, -0.05) is 62.7 Å². The number of hydrogen-bond acceptors (Lipinski definition) is 17. The molecule has 1 N–H and O–H groups in total. The standard InChI is InChI=1S/C63H77N3O13S/c1-3-5-6-13-38-66(63-65-56-18-11-12-19-57(56)80-63)64-44-48-43-54(36-37-55(48)62(72)78-52-30-24-46(25-31-52)60(70)77-53-34-32-50(33-35-53)74-40-15-8-7-14-39-67)79-61(71)47-22-28-51(29-23-47)76-59(69)45-20-26-49(27-21-45)73-41-16-9-10-17-42-75-58(68)4-2/h4,11-12,18-21,26-27,32-37,43-44,46-47,51-52,67H,2-3,5-10,13-17,22-25,28-31,38-42H2,1H3/b64-44+/t46-,47-,51-,52-. The van der Waals surface area contributed by atoms with E-state index in [1.807, 2.05) is 29.3 Å². The van der Waals surface area contributed by atoms with Crippen LogP contribution < -0.4 is 24.0 Å². The minimum absolute atomic E-state index is 0.203. The number of thiazole rings is 1. The smallest absolute Gasteiger partial charge is 0.339 e. The molecule has 2 fully saturated rings. The minimum Gasteiger partial charge on any atom is -0.494 e. The Kier molecular flexibility index (Phi) is 24.8. The first-order valence-corrected chi connectivity index (χ1v) is 29.4. The fraction of sp³-hybridized carbons (Fsp3) is 0.476. The SMILES string of the molecule is C=CC(=O)OCCCCCCOc1ccc(C(=O)O[C@H]2CC[C@H](C(=O)Oc3ccc(C(=O)O[C@H]4CC[C@H](C(=O)Oc5ccc(OCCCCCCO)cc5)CC4)c(/C=N/N(CCCCCC)c4nc5ccccc5s4)c3)CC2)cc1. The van der Waals surface area contributed by atoms with Crippen molar-refractivity contribution in [2.45, 2.75) is 148 Å². The number of hydrazone groups is 1.